The quantitative estimate of drug-likeness (QED) is 0.904. The Morgan fingerprint density at radius 1 is 1.38 bits per heavy atom. The summed E-state index contributed by atoms with van der Waals surface area (Å²) in [5.41, 5.74) is 5.96. The number of hydrogen-bond acceptors (Lipinski definition) is 3. The number of ether oxygens (including phenoxy) is 1. The number of rotatable bonds is 2. The Kier molecular flexibility index (Phi) is 4.13. The molecule has 0 spiro atoms. The van der Waals surface area contributed by atoms with Crippen molar-refractivity contribution in [2.24, 2.45) is 5.73 Å². The first kappa shape index (κ1) is 12.2. The van der Waals surface area contributed by atoms with Crippen molar-refractivity contribution in [2.45, 2.75) is 22.6 Å². The van der Waals surface area contributed by atoms with Crippen LogP contribution in [0.5, 0.6) is 0 Å². The van der Waals surface area contributed by atoms with Gasteiger partial charge in [-0.25, -0.2) is 0 Å². The normalized spacial score (nSPS) is 27.6. The minimum Gasteiger partial charge on any atom is -0.380 e. The average molecular weight is 304 g/mol. The van der Waals surface area contributed by atoms with Gasteiger partial charge in [-0.05, 0) is 30.7 Å². The molecule has 0 aliphatic carbocycles. The van der Waals surface area contributed by atoms with E-state index in [9.17, 15) is 4.21 Å². The molecule has 1 heterocycles. The number of nitrogens with two attached hydrogens (primary N) is 1. The lowest BCUT2D eigenvalue weighted by Gasteiger charge is -2.27. The van der Waals surface area contributed by atoms with Crippen LogP contribution >= 0.6 is 15.9 Å². The molecule has 2 rings (SSSR count). The first-order valence-corrected chi connectivity index (χ1v) is 7.18. The molecule has 3 nitrogen and oxygen atoms in total. The fourth-order valence-corrected chi connectivity index (χ4v) is 3.38. The van der Waals surface area contributed by atoms with Crippen LogP contribution in [0.1, 0.15) is 6.42 Å². The molecule has 1 aliphatic heterocycles. The largest absolute Gasteiger partial charge is 0.380 e. The lowest BCUT2D eigenvalue weighted by molar-refractivity contribution is 0.0904. The van der Waals surface area contributed by atoms with Gasteiger partial charge in [-0.15, -0.1) is 0 Å². The molecule has 5 heteroatoms. The van der Waals surface area contributed by atoms with Crippen molar-refractivity contribution in [1.82, 2.24) is 0 Å². The Hall–Kier alpha value is -0.230. The summed E-state index contributed by atoms with van der Waals surface area (Å²) in [6.45, 7) is 1.17. The standard InChI is InChI=1S/C11H14BrNO2S/c12-8-1-3-9(4-2-8)16(14)11-7-15-6-5-10(11)13/h1-4,10-11H,5-7,13H2. The highest BCUT2D eigenvalue weighted by Gasteiger charge is 2.28. The first-order chi connectivity index (χ1) is 7.68. The highest BCUT2D eigenvalue weighted by Crippen LogP contribution is 2.20. The van der Waals surface area contributed by atoms with Crippen molar-refractivity contribution < 1.29 is 8.95 Å². The second-order valence-electron chi connectivity index (χ2n) is 3.82. The van der Waals surface area contributed by atoms with Crippen LogP contribution in [0.4, 0.5) is 0 Å². The van der Waals surface area contributed by atoms with Crippen molar-refractivity contribution in [2.75, 3.05) is 13.2 Å². The van der Waals surface area contributed by atoms with Crippen molar-refractivity contribution in [3.63, 3.8) is 0 Å². The molecule has 2 N–H and O–H groups in total. The van der Waals surface area contributed by atoms with Crippen molar-refractivity contribution >= 4 is 26.7 Å². The molecule has 3 unspecified atom stereocenters. The van der Waals surface area contributed by atoms with Crippen LogP contribution < -0.4 is 5.73 Å². The van der Waals surface area contributed by atoms with Crippen LogP contribution in [-0.4, -0.2) is 28.7 Å². The average Bonchev–Trinajstić information content (AvgIpc) is 2.30. The Labute approximate surface area is 106 Å². The minimum absolute atomic E-state index is 0.0294. The number of halogens is 1. The maximum atomic E-state index is 12.3. The van der Waals surface area contributed by atoms with Gasteiger partial charge in [0.1, 0.15) is 0 Å². The van der Waals surface area contributed by atoms with Gasteiger partial charge in [0, 0.05) is 22.0 Å². The maximum absolute atomic E-state index is 12.3. The number of hydrogen-bond donors (Lipinski definition) is 1. The zero-order chi connectivity index (χ0) is 11.5. The fraction of sp³-hybridized carbons (Fsp3) is 0.455. The zero-order valence-corrected chi connectivity index (χ0v) is 11.2. The van der Waals surface area contributed by atoms with Gasteiger partial charge < -0.3 is 10.5 Å². The first-order valence-electron chi connectivity index (χ1n) is 5.18. The SMILES string of the molecule is NC1CCOCC1S(=O)c1ccc(Br)cc1. The molecule has 16 heavy (non-hydrogen) atoms. The second-order valence-corrected chi connectivity index (χ2v) is 6.40. The Balaban J connectivity index is 2.14. The molecular weight excluding hydrogens is 290 g/mol. The topological polar surface area (TPSA) is 52.3 Å². The Morgan fingerprint density at radius 2 is 2.06 bits per heavy atom. The van der Waals surface area contributed by atoms with Gasteiger partial charge in [0.25, 0.3) is 0 Å². The number of benzene rings is 1. The molecule has 1 aliphatic rings. The Morgan fingerprint density at radius 3 is 2.69 bits per heavy atom. The molecule has 0 aromatic heterocycles. The van der Waals surface area contributed by atoms with Gasteiger partial charge >= 0.3 is 0 Å². The van der Waals surface area contributed by atoms with E-state index in [1.165, 1.54) is 0 Å². The maximum Gasteiger partial charge on any atom is 0.0779 e. The van der Waals surface area contributed by atoms with Gasteiger partial charge in [0.15, 0.2) is 0 Å². The van der Waals surface area contributed by atoms with Crippen LogP contribution in [0, 0.1) is 0 Å². The van der Waals surface area contributed by atoms with Crippen molar-refractivity contribution in [3.8, 4) is 0 Å². The van der Waals surface area contributed by atoms with E-state index < -0.39 is 10.8 Å². The minimum atomic E-state index is -1.08. The zero-order valence-electron chi connectivity index (χ0n) is 8.77. The summed E-state index contributed by atoms with van der Waals surface area (Å²) in [6.07, 6.45) is 0.785. The molecule has 1 aromatic carbocycles. The fourth-order valence-electron chi connectivity index (χ4n) is 1.69. The van der Waals surface area contributed by atoms with E-state index in [0.29, 0.717) is 13.2 Å². The molecule has 0 amide bonds. The van der Waals surface area contributed by atoms with E-state index in [2.05, 4.69) is 15.9 Å². The van der Waals surface area contributed by atoms with E-state index in [4.69, 9.17) is 10.5 Å². The van der Waals surface area contributed by atoms with Crippen LogP contribution in [0.3, 0.4) is 0 Å². The smallest absolute Gasteiger partial charge is 0.0779 e. The molecule has 0 saturated carbocycles. The molecular formula is C11H14BrNO2S. The molecule has 88 valence electrons. The second kappa shape index (κ2) is 5.40. The lowest BCUT2D eigenvalue weighted by Crippen LogP contribution is -2.45. The van der Waals surface area contributed by atoms with Crippen LogP contribution in [0.25, 0.3) is 0 Å². The predicted molar refractivity (Wildman–Crippen MR) is 67.7 cm³/mol. The van der Waals surface area contributed by atoms with E-state index >= 15 is 0 Å². The molecule has 1 aromatic rings. The van der Waals surface area contributed by atoms with E-state index in [-0.39, 0.29) is 11.3 Å². The molecule has 1 fully saturated rings. The van der Waals surface area contributed by atoms with E-state index in [1.807, 2.05) is 24.3 Å². The van der Waals surface area contributed by atoms with Crippen LogP contribution in [-0.2, 0) is 15.5 Å². The van der Waals surface area contributed by atoms with Crippen LogP contribution in [0.2, 0.25) is 0 Å². The summed E-state index contributed by atoms with van der Waals surface area (Å²) < 4.78 is 18.6. The van der Waals surface area contributed by atoms with Gasteiger partial charge in [-0.1, -0.05) is 15.9 Å². The third-order valence-corrected chi connectivity index (χ3v) is 4.98. The van der Waals surface area contributed by atoms with Gasteiger partial charge in [-0.2, -0.15) is 0 Å². The van der Waals surface area contributed by atoms with Gasteiger partial charge in [0.2, 0.25) is 0 Å². The van der Waals surface area contributed by atoms with Crippen molar-refractivity contribution in [3.05, 3.63) is 28.7 Å². The van der Waals surface area contributed by atoms with Crippen LogP contribution in [0.15, 0.2) is 33.6 Å². The third-order valence-electron chi connectivity index (χ3n) is 2.68. The molecule has 1 saturated heterocycles. The summed E-state index contributed by atoms with van der Waals surface area (Å²) in [4.78, 5) is 0.814. The molecule has 3 atom stereocenters. The summed E-state index contributed by atoms with van der Waals surface area (Å²) in [6, 6.07) is 7.48. The summed E-state index contributed by atoms with van der Waals surface area (Å²) in [7, 11) is -1.08. The van der Waals surface area contributed by atoms with Crippen molar-refractivity contribution in [1.29, 1.82) is 0 Å². The molecule has 0 radical (unpaired) electrons. The third kappa shape index (κ3) is 2.71. The lowest BCUT2D eigenvalue weighted by atomic mass is 10.1. The predicted octanol–water partition coefficient (Wildman–Crippen LogP) is 1.67. The van der Waals surface area contributed by atoms with E-state index in [1.54, 1.807) is 0 Å². The summed E-state index contributed by atoms with van der Waals surface area (Å²) in [5.74, 6) is 0. The summed E-state index contributed by atoms with van der Waals surface area (Å²) in [5, 5.41) is -0.0880. The Bertz CT molecular complexity index is 382. The highest BCUT2D eigenvalue weighted by atomic mass is 79.9. The van der Waals surface area contributed by atoms with E-state index in [0.717, 1.165) is 15.8 Å². The monoisotopic (exact) mass is 303 g/mol. The van der Waals surface area contributed by atoms with Gasteiger partial charge in [0.05, 0.1) is 22.7 Å². The van der Waals surface area contributed by atoms with Gasteiger partial charge in [-0.3, -0.25) is 4.21 Å². The molecule has 0 bridgehead atoms. The summed E-state index contributed by atoms with van der Waals surface area (Å²) >= 11 is 3.35. The highest BCUT2D eigenvalue weighted by molar-refractivity contribution is 9.10.